The van der Waals surface area contributed by atoms with Crippen molar-refractivity contribution in [2.45, 2.75) is 78.1 Å². The van der Waals surface area contributed by atoms with Crippen LogP contribution in [0.25, 0.3) is 4.85 Å². The summed E-state index contributed by atoms with van der Waals surface area (Å²) >= 11 is 1.54. The van der Waals surface area contributed by atoms with E-state index in [0.717, 1.165) is 12.2 Å². The van der Waals surface area contributed by atoms with E-state index in [-0.39, 0.29) is 5.70 Å². The van der Waals surface area contributed by atoms with Gasteiger partial charge in [0.15, 0.2) is 0 Å². The summed E-state index contributed by atoms with van der Waals surface area (Å²) in [7, 11) is 0. The molecule has 0 unspecified atom stereocenters. The van der Waals surface area contributed by atoms with Gasteiger partial charge in [0.2, 0.25) is 0 Å². The molecule has 0 spiro atoms. The smallest absolute Gasteiger partial charge is 0.336 e. The van der Waals surface area contributed by atoms with Crippen LogP contribution in [0.3, 0.4) is 0 Å². The molecule has 0 aromatic rings. The summed E-state index contributed by atoms with van der Waals surface area (Å²) in [5.74, 6) is 0.461. The van der Waals surface area contributed by atoms with Gasteiger partial charge in [-0.15, -0.1) is 11.8 Å². The van der Waals surface area contributed by atoms with Gasteiger partial charge >= 0.3 is 5.97 Å². The fourth-order valence-electron chi connectivity index (χ4n) is 2.14. The van der Waals surface area contributed by atoms with Gasteiger partial charge in [0.1, 0.15) is 0 Å². The molecule has 0 aliphatic rings. The van der Waals surface area contributed by atoms with E-state index in [1.807, 2.05) is 0 Å². The number of carbonyl (C=O) groups excluding carboxylic acids is 1. The Hall–Kier alpha value is -0.950. The SMILES string of the molecule is [C-]#[N+]C(=CSCCCCCCCCCCCC)C(=O)OCC. The van der Waals surface area contributed by atoms with Crippen molar-refractivity contribution in [3.05, 3.63) is 22.5 Å². The minimum Gasteiger partial charge on any atom is -0.471 e. The normalized spacial score (nSPS) is 11.2. The highest BCUT2D eigenvalue weighted by molar-refractivity contribution is 8.02. The fraction of sp³-hybridized carbons (Fsp3) is 0.778. The Labute approximate surface area is 140 Å². The van der Waals surface area contributed by atoms with E-state index < -0.39 is 5.97 Å². The Morgan fingerprint density at radius 3 is 2.05 bits per heavy atom. The van der Waals surface area contributed by atoms with Crippen LogP contribution in [0.2, 0.25) is 0 Å². The molecule has 0 aliphatic heterocycles. The largest absolute Gasteiger partial charge is 0.471 e. The first kappa shape index (κ1) is 21.0. The molecule has 0 aliphatic carbocycles. The molecular formula is C18H31NO2S. The predicted molar refractivity (Wildman–Crippen MR) is 95.6 cm³/mol. The maximum absolute atomic E-state index is 11.4. The first-order valence-corrected chi connectivity index (χ1v) is 9.67. The van der Waals surface area contributed by atoms with Crippen LogP contribution in [-0.4, -0.2) is 18.3 Å². The number of ether oxygens (including phenoxy) is 1. The number of unbranched alkanes of at least 4 members (excludes halogenated alkanes) is 9. The number of thioether (sulfide) groups is 1. The number of nitrogens with zero attached hydrogens (tertiary/aromatic N) is 1. The van der Waals surface area contributed by atoms with Crippen LogP contribution >= 0.6 is 11.8 Å². The average Bonchev–Trinajstić information content (AvgIpc) is 2.52. The average molecular weight is 326 g/mol. The molecule has 0 N–H and O–H groups in total. The van der Waals surface area contributed by atoms with Crippen molar-refractivity contribution in [2.75, 3.05) is 12.4 Å². The van der Waals surface area contributed by atoms with Crippen molar-refractivity contribution in [1.82, 2.24) is 0 Å². The van der Waals surface area contributed by atoms with E-state index in [4.69, 9.17) is 11.3 Å². The molecule has 0 heterocycles. The zero-order valence-corrected chi connectivity index (χ0v) is 15.1. The van der Waals surface area contributed by atoms with Crippen molar-refractivity contribution in [3.8, 4) is 0 Å². The van der Waals surface area contributed by atoms with Gasteiger partial charge in [0.05, 0.1) is 13.2 Å². The summed E-state index contributed by atoms with van der Waals surface area (Å²) in [6.07, 6.45) is 13.2. The number of hydrogen-bond acceptors (Lipinski definition) is 3. The third-order valence-corrected chi connectivity index (χ3v) is 4.33. The second-order valence-corrected chi connectivity index (χ2v) is 6.37. The Kier molecular flexibility index (Phi) is 15.7. The summed E-state index contributed by atoms with van der Waals surface area (Å²) in [6, 6.07) is 0. The molecule has 126 valence electrons. The summed E-state index contributed by atoms with van der Waals surface area (Å²) in [5.41, 5.74) is 0.0962. The minimum absolute atomic E-state index is 0.0962. The molecule has 0 atom stereocenters. The maximum atomic E-state index is 11.4. The highest BCUT2D eigenvalue weighted by Crippen LogP contribution is 2.15. The fourth-order valence-corrected chi connectivity index (χ4v) is 2.93. The van der Waals surface area contributed by atoms with Crippen LogP contribution in [-0.2, 0) is 9.53 Å². The number of hydrogen-bond donors (Lipinski definition) is 0. The molecular weight excluding hydrogens is 294 g/mol. The van der Waals surface area contributed by atoms with Crippen LogP contribution in [0.15, 0.2) is 11.1 Å². The molecule has 0 saturated heterocycles. The van der Waals surface area contributed by atoms with Crippen molar-refractivity contribution >= 4 is 17.7 Å². The predicted octanol–water partition coefficient (Wildman–Crippen LogP) is 5.96. The lowest BCUT2D eigenvalue weighted by atomic mass is 10.1. The third kappa shape index (κ3) is 12.8. The highest BCUT2D eigenvalue weighted by Gasteiger charge is 2.09. The van der Waals surface area contributed by atoms with Crippen LogP contribution in [0.1, 0.15) is 78.1 Å². The van der Waals surface area contributed by atoms with E-state index in [1.54, 1.807) is 24.1 Å². The second kappa shape index (κ2) is 16.4. The van der Waals surface area contributed by atoms with Gasteiger partial charge in [-0.05, 0) is 24.5 Å². The number of carbonyl (C=O) groups is 1. The van der Waals surface area contributed by atoms with Gasteiger partial charge in [-0.2, -0.15) is 0 Å². The molecule has 0 aromatic carbocycles. The standard InChI is InChI=1S/C18H31NO2S/c1-4-6-7-8-9-10-11-12-13-14-15-22-16-17(19-3)18(20)21-5-2/h16H,4-15H2,1-2H3. The van der Waals surface area contributed by atoms with E-state index in [9.17, 15) is 4.79 Å². The van der Waals surface area contributed by atoms with E-state index in [0.29, 0.717) is 6.61 Å². The summed E-state index contributed by atoms with van der Waals surface area (Å²) in [6.45, 7) is 11.3. The monoisotopic (exact) mass is 325 g/mol. The minimum atomic E-state index is -0.506. The van der Waals surface area contributed by atoms with E-state index in [1.165, 1.54) is 57.8 Å². The molecule has 0 radical (unpaired) electrons. The van der Waals surface area contributed by atoms with Crippen molar-refractivity contribution in [1.29, 1.82) is 0 Å². The lowest BCUT2D eigenvalue weighted by Crippen LogP contribution is -2.04. The Balaban J connectivity index is 3.46. The maximum Gasteiger partial charge on any atom is 0.336 e. The van der Waals surface area contributed by atoms with Gasteiger partial charge in [0, 0.05) is 0 Å². The van der Waals surface area contributed by atoms with Crippen LogP contribution in [0.5, 0.6) is 0 Å². The molecule has 4 heteroatoms. The van der Waals surface area contributed by atoms with Crippen molar-refractivity contribution in [2.24, 2.45) is 0 Å². The zero-order valence-electron chi connectivity index (χ0n) is 14.2. The number of rotatable bonds is 14. The summed E-state index contributed by atoms with van der Waals surface area (Å²) in [4.78, 5) is 14.6. The first-order valence-electron chi connectivity index (χ1n) is 8.62. The Morgan fingerprint density at radius 1 is 1.00 bits per heavy atom. The van der Waals surface area contributed by atoms with Crippen LogP contribution < -0.4 is 0 Å². The highest BCUT2D eigenvalue weighted by atomic mass is 32.2. The molecule has 3 nitrogen and oxygen atoms in total. The van der Waals surface area contributed by atoms with Crippen molar-refractivity contribution in [3.63, 3.8) is 0 Å². The molecule has 22 heavy (non-hydrogen) atoms. The van der Waals surface area contributed by atoms with E-state index >= 15 is 0 Å². The van der Waals surface area contributed by atoms with Crippen LogP contribution in [0.4, 0.5) is 0 Å². The topological polar surface area (TPSA) is 30.7 Å². The lowest BCUT2D eigenvalue weighted by Gasteiger charge is -2.02. The molecule has 0 fully saturated rings. The lowest BCUT2D eigenvalue weighted by molar-refractivity contribution is -0.138. The first-order chi connectivity index (χ1) is 10.8. The van der Waals surface area contributed by atoms with Gasteiger partial charge in [0.25, 0.3) is 5.70 Å². The van der Waals surface area contributed by atoms with Gasteiger partial charge in [-0.25, -0.2) is 4.85 Å². The summed E-state index contributed by atoms with van der Waals surface area (Å²) in [5, 5.41) is 1.64. The van der Waals surface area contributed by atoms with Crippen LogP contribution in [0, 0.1) is 6.57 Å². The molecule has 0 aromatic heterocycles. The van der Waals surface area contributed by atoms with E-state index in [2.05, 4.69) is 11.8 Å². The molecule has 0 saturated carbocycles. The number of esters is 1. The molecule has 0 rings (SSSR count). The Morgan fingerprint density at radius 2 is 1.55 bits per heavy atom. The van der Waals surface area contributed by atoms with Crippen molar-refractivity contribution < 1.29 is 9.53 Å². The molecule has 0 amide bonds. The zero-order chi connectivity index (χ0) is 16.5. The Bertz CT molecular complexity index is 347. The quantitative estimate of drug-likeness (QED) is 0.171. The second-order valence-electron chi connectivity index (χ2n) is 5.39. The molecule has 0 bridgehead atoms. The van der Waals surface area contributed by atoms with Gasteiger partial charge in [-0.3, -0.25) is 4.79 Å². The van der Waals surface area contributed by atoms with Gasteiger partial charge in [-0.1, -0.05) is 64.7 Å². The van der Waals surface area contributed by atoms with Gasteiger partial charge < -0.3 is 4.74 Å². The third-order valence-electron chi connectivity index (χ3n) is 3.42. The summed E-state index contributed by atoms with van der Waals surface area (Å²) < 4.78 is 4.82.